The molecule has 2 aromatic carbocycles. The first-order valence-electron chi connectivity index (χ1n) is 12.0. The lowest BCUT2D eigenvalue weighted by atomic mass is 9.99. The van der Waals surface area contributed by atoms with Crippen molar-refractivity contribution in [3.05, 3.63) is 71.4 Å². The Morgan fingerprint density at radius 2 is 1.79 bits per heavy atom. The monoisotopic (exact) mass is 456 g/mol. The van der Waals surface area contributed by atoms with E-state index in [0.717, 1.165) is 54.7 Å². The van der Waals surface area contributed by atoms with Crippen LogP contribution in [-0.2, 0) is 4.79 Å². The highest BCUT2D eigenvalue weighted by molar-refractivity contribution is 6.06. The Kier molecular flexibility index (Phi) is 7.26. The Hall–Kier alpha value is -3.67. The van der Waals surface area contributed by atoms with E-state index in [2.05, 4.69) is 4.99 Å². The fourth-order valence-corrected chi connectivity index (χ4v) is 4.46. The predicted molar refractivity (Wildman–Crippen MR) is 138 cm³/mol. The van der Waals surface area contributed by atoms with Crippen molar-refractivity contribution in [3.8, 4) is 11.1 Å². The van der Waals surface area contributed by atoms with E-state index in [9.17, 15) is 9.59 Å². The Balaban J connectivity index is 1.60. The molecule has 2 aliphatic heterocycles. The van der Waals surface area contributed by atoms with Crippen LogP contribution in [0.1, 0.15) is 55.5 Å². The second kappa shape index (κ2) is 10.5. The lowest BCUT2D eigenvalue weighted by Gasteiger charge is -2.19. The molecule has 2 amide bonds. The van der Waals surface area contributed by atoms with Gasteiger partial charge in [0, 0.05) is 49.0 Å². The van der Waals surface area contributed by atoms with Gasteiger partial charge < -0.3 is 15.5 Å². The van der Waals surface area contributed by atoms with Crippen molar-refractivity contribution in [2.75, 3.05) is 19.6 Å². The molecule has 1 saturated heterocycles. The third-order valence-corrected chi connectivity index (χ3v) is 6.18. The summed E-state index contributed by atoms with van der Waals surface area (Å²) in [5, 5.41) is 0. The molecular formula is C28H32N4O2. The van der Waals surface area contributed by atoms with Crippen LogP contribution >= 0.6 is 0 Å². The number of nitrogens with two attached hydrogens (primary N) is 1. The predicted octanol–water partition coefficient (Wildman–Crippen LogP) is 5.14. The Labute approximate surface area is 201 Å². The van der Waals surface area contributed by atoms with Crippen molar-refractivity contribution in [2.24, 2.45) is 10.7 Å². The van der Waals surface area contributed by atoms with E-state index in [4.69, 9.17) is 5.73 Å². The maximum atomic E-state index is 13.1. The van der Waals surface area contributed by atoms with Gasteiger partial charge in [-0.15, -0.1) is 0 Å². The second-order valence-electron chi connectivity index (χ2n) is 8.78. The molecule has 0 aromatic heterocycles. The van der Waals surface area contributed by atoms with Gasteiger partial charge >= 0.3 is 0 Å². The molecule has 6 heteroatoms. The van der Waals surface area contributed by atoms with E-state index in [1.807, 2.05) is 79.6 Å². The van der Waals surface area contributed by atoms with E-state index in [-0.39, 0.29) is 11.8 Å². The lowest BCUT2D eigenvalue weighted by Crippen LogP contribution is -2.29. The highest BCUT2D eigenvalue weighted by Crippen LogP contribution is 2.32. The number of rotatable bonds is 6. The molecule has 0 saturated carbocycles. The molecule has 2 N–H and O–H groups in total. The Morgan fingerprint density at radius 1 is 1.09 bits per heavy atom. The summed E-state index contributed by atoms with van der Waals surface area (Å²) in [6, 6.07) is 13.7. The van der Waals surface area contributed by atoms with Gasteiger partial charge in [0.15, 0.2) is 0 Å². The average Bonchev–Trinajstić information content (AvgIpc) is 3.33. The molecule has 2 heterocycles. The number of hydrogen-bond acceptors (Lipinski definition) is 4. The molecule has 2 aromatic rings. The summed E-state index contributed by atoms with van der Waals surface area (Å²) in [5.74, 6) is 0.466. The van der Waals surface area contributed by atoms with Gasteiger partial charge in [-0.3, -0.25) is 9.59 Å². The van der Waals surface area contributed by atoms with Gasteiger partial charge in [-0.2, -0.15) is 0 Å². The average molecular weight is 457 g/mol. The van der Waals surface area contributed by atoms with E-state index in [1.165, 1.54) is 0 Å². The molecule has 1 fully saturated rings. The standard InChI is InChI=1S/C28H32N4O2/c1-3-13-31(14-4-2)28(34)24-17-23-12-11-22(18-25(23)30-26(29)19-24)20-7-9-21(10-8-20)27(33)32-15-5-6-16-32/h3,7-13,17-18H,4-6,14-16,19H2,1-2H3,(H2,29,30)/b13-3+. The Bertz CT molecular complexity index is 1160. The maximum absolute atomic E-state index is 13.1. The van der Waals surface area contributed by atoms with Crippen LogP contribution in [0.15, 0.2) is 65.3 Å². The van der Waals surface area contributed by atoms with Gasteiger partial charge in [-0.25, -0.2) is 4.99 Å². The molecule has 176 valence electrons. The van der Waals surface area contributed by atoms with E-state index in [0.29, 0.717) is 29.9 Å². The summed E-state index contributed by atoms with van der Waals surface area (Å²) in [4.78, 5) is 34.0. The third kappa shape index (κ3) is 5.11. The van der Waals surface area contributed by atoms with Crippen LogP contribution < -0.4 is 5.73 Å². The van der Waals surface area contributed by atoms with Crippen molar-refractivity contribution < 1.29 is 9.59 Å². The van der Waals surface area contributed by atoms with E-state index < -0.39 is 0 Å². The number of amidine groups is 1. The lowest BCUT2D eigenvalue weighted by molar-refractivity contribution is -0.124. The molecule has 0 bridgehead atoms. The summed E-state index contributed by atoms with van der Waals surface area (Å²) in [7, 11) is 0. The van der Waals surface area contributed by atoms with Crippen LogP contribution in [0.4, 0.5) is 5.69 Å². The zero-order valence-electron chi connectivity index (χ0n) is 20.0. The van der Waals surface area contributed by atoms with Gasteiger partial charge in [0.25, 0.3) is 11.8 Å². The van der Waals surface area contributed by atoms with Gasteiger partial charge in [0.1, 0.15) is 5.84 Å². The summed E-state index contributed by atoms with van der Waals surface area (Å²) in [6.07, 6.45) is 8.92. The van der Waals surface area contributed by atoms with Gasteiger partial charge in [-0.1, -0.05) is 37.3 Å². The number of carbonyl (C=O) groups excluding carboxylic acids is 2. The first-order valence-corrected chi connectivity index (χ1v) is 12.0. The SMILES string of the molecule is C/C=C/N(CCC)C(=O)C1=Cc2ccc(-c3ccc(C(=O)N4CCCC4)cc3)cc2N=C(N)C1. The zero-order valence-corrected chi connectivity index (χ0v) is 20.0. The van der Waals surface area contributed by atoms with E-state index >= 15 is 0 Å². The minimum Gasteiger partial charge on any atom is -0.387 e. The largest absolute Gasteiger partial charge is 0.387 e. The molecular weight excluding hydrogens is 424 g/mol. The normalized spacial score (nSPS) is 15.5. The smallest absolute Gasteiger partial charge is 0.254 e. The molecule has 6 nitrogen and oxygen atoms in total. The number of carbonyl (C=O) groups is 2. The van der Waals surface area contributed by atoms with Gasteiger partial charge in [0.05, 0.1) is 5.69 Å². The minimum atomic E-state index is -0.0479. The van der Waals surface area contributed by atoms with E-state index in [1.54, 1.807) is 4.90 Å². The van der Waals surface area contributed by atoms with Crippen molar-refractivity contribution in [1.29, 1.82) is 0 Å². The number of likely N-dealkylation sites (tertiary alicyclic amines) is 1. The first-order chi connectivity index (χ1) is 16.5. The molecule has 0 aliphatic carbocycles. The summed E-state index contributed by atoms with van der Waals surface area (Å²) >= 11 is 0. The second-order valence-corrected chi connectivity index (χ2v) is 8.78. The number of allylic oxidation sites excluding steroid dienone is 1. The number of nitrogens with zero attached hydrogens (tertiary/aromatic N) is 3. The molecule has 0 radical (unpaired) electrons. The van der Waals surface area contributed by atoms with Gasteiger partial charge in [-0.05, 0) is 61.6 Å². The highest BCUT2D eigenvalue weighted by Gasteiger charge is 2.21. The number of benzene rings is 2. The van der Waals surface area contributed by atoms with Crippen LogP contribution in [0.25, 0.3) is 17.2 Å². The van der Waals surface area contributed by atoms with Crippen LogP contribution in [0.5, 0.6) is 0 Å². The third-order valence-electron chi connectivity index (χ3n) is 6.18. The fourth-order valence-electron chi connectivity index (χ4n) is 4.46. The molecule has 0 spiro atoms. The van der Waals surface area contributed by atoms with Gasteiger partial charge in [0.2, 0.25) is 0 Å². The van der Waals surface area contributed by atoms with Crippen molar-refractivity contribution in [2.45, 2.75) is 39.5 Å². The number of fused-ring (bicyclic) bond motifs is 1. The summed E-state index contributed by atoms with van der Waals surface area (Å²) in [5.41, 5.74) is 11.1. The van der Waals surface area contributed by atoms with Crippen LogP contribution in [0.3, 0.4) is 0 Å². The molecule has 0 unspecified atom stereocenters. The molecule has 4 rings (SSSR count). The highest BCUT2D eigenvalue weighted by atomic mass is 16.2. The zero-order chi connectivity index (χ0) is 24.1. The minimum absolute atomic E-state index is 0.0479. The van der Waals surface area contributed by atoms with Crippen molar-refractivity contribution >= 4 is 29.4 Å². The Morgan fingerprint density at radius 3 is 2.47 bits per heavy atom. The quantitative estimate of drug-likeness (QED) is 0.654. The number of hydrogen-bond donors (Lipinski definition) is 1. The fraction of sp³-hybridized carbons (Fsp3) is 0.321. The van der Waals surface area contributed by atoms with Crippen LogP contribution in [0.2, 0.25) is 0 Å². The van der Waals surface area contributed by atoms with Crippen molar-refractivity contribution in [1.82, 2.24) is 9.80 Å². The molecule has 2 aliphatic rings. The number of aliphatic imine (C=N–C) groups is 1. The summed E-state index contributed by atoms with van der Waals surface area (Å²) in [6.45, 7) is 6.28. The molecule has 0 atom stereocenters. The first kappa shape index (κ1) is 23.5. The number of amides is 2. The maximum Gasteiger partial charge on any atom is 0.254 e. The topological polar surface area (TPSA) is 79.0 Å². The molecule has 34 heavy (non-hydrogen) atoms. The van der Waals surface area contributed by atoms with Crippen LogP contribution in [-0.4, -0.2) is 47.1 Å². The van der Waals surface area contributed by atoms with Crippen molar-refractivity contribution in [3.63, 3.8) is 0 Å². The summed E-state index contributed by atoms with van der Waals surface area (Å²) < 4.78 is 0. The van der Waals surface area contributed by atoms with Crippen LogP contribution in [0, 0.1) is 0 Å².